The minimum Gasteiger partial charge on any atom is -0.362 e. The highest BCUT2D eigenvalue weighted by Crippen LogP contribution is 2.20. The zero-order valence-electron chi connectivity index (χ0n) is 12.5. The third-order valence-corrected chi connectivity index (χ3v) is 4.76. The molecule has 2 nitrogen and oxygen atoms in total. The number of anilines is 1. The van der Waals surface area contributed by atoms with Gasteiger partial charge in [-0.1, -0.05) is 41.9 Å². The Hall–Kier alpha value is -1.30. The van der Waals surface area contributed by atoms with Gasteiger partial charge in [-0.3, -0.25) is 0 Å². The fourth-order valence-electron chi connectivity index (χ4n) is 1.90. The summed E-state index contributed by atoms with van der Waals surface area (Å²) in [5.74, 6) is 1.49. The van der Waals surface area contributed by atoms with E-state index in [-0.39, 0.29) is 5.82 Å². The van der Waals surface area contributed by atoms with E-state index in [9.17, 15) is 4.39 Å². The first-order valence-corrected chi connectivity index (χ1v) is 9.21. The van der Waals surface area contributed by atoms with Gasteiger partial charge in [0, 0.05) is 12.3 Å². The Balaban J connectivity index is 1.59. The van der Waals surface area contributed by atoms with Crippen LogP contribution in [-0.2, 0) is 5.75 Å². The summed E-state index contributed by atoms with van der Waals surface area (Å²) in [6.07, 6.45) is 0.948. The van der Waals surface area contributed by atoms with Crippen LogP contribution in [0, 0.1) is 5.82 Å². The van der Waals surface area contributed by atoms with E-state index in [4.69, 9.17) is 23.8 Å². The predicted octanol–water partition coefficient (Wildman–Crippen LogP) is 5.09. The van der Waals surface area contributed by atoms with E-state index in [1.165, 1.54) is 6.07 Å². The van der Waals surface area contributed by atoms with E-state index in [1.807, 2.05) is 36.4 Å². The molecule has 2 aromatic rings. The van der Waals surface area contributed by atoms with E-state index < -0.39 is 0 Å². The number of hydrogen-bond donors (Lipinski definition) is 2. The lowest BCUT2D eigenvalue weighted by atomic mass is 10.2. The van der Waals surface area contributed by atoms with Crippen molar-refractivity contribution in [3.8, 4) is 0 Å². The predicted molar refractivity (Wildman–Crippen MR) is 103 cm³/mol. The molecule has 0 bridgehead atoms. The Bertz CT molecular complexity index is 652. The summed E-state index contributed by atoms with van der Waals surface area (Å²) < 4.78 is 13.4. The van der Waals surface area contributed by atoms with Crippen LogP contribution < -0.4 is 10.6 Å². The summed E-state index contributed by atoms with van der Waals surface area (Å²) in [5.41, 5.74) is 1.54. The SMILES string of the molecule is Fc1ccccc1CSCCCNC(=S)Nc1ccccc1Cl. The standard InChI is InChI=1S/C17H18ClFN2S2/c18-14-7-2-4-9-16(14)21-17(22)20-10-5-11-23-12-13-6-1-3-8-15(13)19/h1-4,6-9H,5,10-12H2,(H2,20,21,22). The maximum absolute atomic E-state index is 13.4. The molecule has 0 fully saturated rings. The average Bonchev–Trinajstić information content (AvgIpc) is 2.54. The molecule has 2 aromatic carbocycles. The fraction of sp³-hybridized carbons (Fsp3) is 0.235. The largest absolute Gasteiger partial charge is 0.362 e. The molecule has 0 amide bonds. The average molecular weight is 369 g/mol. The van der Waals surface area contributed by atoms with Gasteiger partial charge in [0.05, 0.1) is 10.7 Å². The van der Waals surface area contributed by atoms with Crippen molar-refractivity contribution in [3.05, 3.63) is 64.9 Å². The van der Waals surface area contributed by atoms with Crippen molar-refractivity contribution >= 4 is 46.4 Å². The summed E-state index contributed by atoms with van der Waals surface area (Å²) in [4.78, 5) is 0. The number of thiocarbonyl (C=S) groups is 1. The lowest BCUT2D eigenvalue weighted by molar-refractivity contribution is 0.617. The van der Waals surface area contributed by atoms with Crippen LogP contribution in [0.3, 0.4) is 0 Å². The van der Waals surface area contributed by atoms with Crippen LogP contribution in [0.4, 0.5) is 10.1 Å². The van der Waals surface area contributed by atoms with Crippen LogP contribution in [0.15, 0.2) is 48.5 Å². The minimum atomic E-state index is -0.136. The van der Waals surface area contributed by atoms with Gasteiger partial charge < -0.3 is 10.6 Å². The topological polar surface area (TPSA) is 24.1 Å². The van der Waals surface area contributed by atoms with Gasteiger partial charge >= 0.3 is 0 Å². The zero-order valence-corrected chi connectivity index (χ0v) is 14.9. The van der Waals surface area contributed by atoms with Crippen LogP contribution in [0.25, 0.3) is 0 Å². The van der Waals surface area contributed by atoms with Crippen molar-refractivity contribution in [2.24, 2.45) is 0 Å². The van der Waals surface area contributed by atoms with E-state index in [0.717, 1.165) is 30.0 Å². The fourth-order valence-corrected chi connectivity index (χ4v) is 3.24. The van der Waals surface area contributed by atoms with Crippen molar-refractivity contribution in [3.63, 3.8) is 0 Å². The molecule has 0 saturated heterocycles. The molecule has 6 heteroatoms. The van der Waals surface area contributed by atoms with E-state index in [1.54, 1.807) is 17.8 Å². The van der Waals surface area contributed by atoms with Crippen LogP contribution in [0.2, 0.25) is 5.02 Å². The highest BCUT2D eigenvalue weighted by atomic mass is 35.5. The molecule has 2 rings (SSSR count). The van der Waals surface area contributed by atoms with Crippen LogP contribution in [-0.4, -0.2) is 17.4 Å². The second-order valence-corrected chi connectivity index (χ2v) is 6.78. The number of para-hydroxylation sites is 1. The number of halogens is 2. The molecule has 0 aromatic heterocycles. The number of hydrogen-bond acceptors (Lipinski definition) is 2. The highest BCUT2D eigenvalue weighted by molar-refractivity contribution is 7.98. The van der Waals surface area contributed by atoms with Gasteiger partial charge in [-0.15, -0.1) is 0 Å². The van der Waals surface area contributed by atoms with Crippen molar-refractivity contribution in [2.75, 3.05) is 17.6 Å². The number of nitrogens with one attached hydrogen (secondary N) is 2. The molecule has 0 unspecified atom stereocenters. The monoisotopic (exact) mass is 368 g/mol. The molecule has 0 aliphatic carbocycles. The first-order chi connectivity index (χ1) is 11.2. The Morgan fingerprint density at radius 2 is 1.87 bits per heavy atom. The molecule has 122 valence electrons. The molecule has 0 radical (unpaired) electrons. The summed E-state index contributed by atoms with van der Waals surface area (Å²) >= 11 is 13.0. The van der Waals surface area contributed by atoms with Crippen molar-refractivity contribution < 1.29 is 4.39 Å². The van der Waals surface area contributed by atoms with Gasteiger partial charge in [-0.05, 0) is 48.2 Å². The van der Waals surface area contributed by atoms with Gasteiger partial charge in [0.15, 0.2) is 5.11 Å². The first-order valence-electron chi connectivity index (χ1n) is 7.27. The molecular weight excluding hydrogens is 351 g/mol. The minimum absolute atomic E-state index is 0.136. The molecule has 0 aliphatic rings. The molecule has 0 saturated carbocycles. The highest BCUT2D eigenvalue weighted by Gasteiger charge is 2.02. The molecule has 0 heterocycles. The molecule has 2 N–H and O–H groups in total. The Morgan fingerprint density at radius 3 is 2.65 bits per heavy atom. The Labute approximate surface area is 150 Å². The summed E-state index contributed by atoms with van der Waals surface area (Å²) in [6, 6.07) is 14.3. The van der Waals surface area contributed by atoms with E-state index >= 15 is 0 Å². The molecule has 23 heavy (non-hydrogen) atoms. The van der Waals surface area contributed by atoms with Crippen molar-refractivity contribution in [1.29, 1.82) is 0 Å². The van der Waals surface area contributed by atoms with Crippen molar-refractivity contribution in [1.82, 2.24) is 5.32 Å². The first kappa shape index (κ1) is 18.0. The number of thioether (sulfide) groups is 1. The van der Waals surface area contributed by atoms with Gasteiger partial charge in [-0.2, -0.15) is 11.8 Å². The van der Waals surface area contributed by atoms with Crippen LogP contribution in [0.1, 0.15) is 12.0 Å². The lowest BCUT2D eigenvalue weighted by Gasteiger charge is -2.11. The summed E-state index contributed by atoms with van der Waals surface area (Å²) in [6.45, 7) is 0.764. The van der Waals surface area contributed by atoms with E-state index in [2.05, 4.69) is 10.6 Å². The number of rotatable bonds is 7. The molecule has 0 spiro atoms. The van der Waals surface area contributed by atoms with Crippen LogP contribution in [0.5, 0.6) is 0 Å². The molecule has 0 aliphatic heterocycles. The molecular formula is C17H18ClFN2S2. The second kappa shape index (κ2) is 9.75. The second-order valence-electron chi connectivity index (χ2n) is 4.86. The van der Waals surface area contributed by atoms with Gasteiger partial charge in [-0.25, -0.2) is 4.39 Å². The van der Waals surface area contributed by atoms with Gasteiger partial charge in [0.25, 0.3) is 0 Å². The summed E-state index contributed by atoms with van der Waals surface area (Å²) in [5, 5.41) is 7.40. The van der Waals surface area contributed by atoms with Crippen molar-refractivity contribution in [2.45, 2.75) is 12.2 Å². The molecule has 0 atom stereocenters. The Kier molecular flexibility index (Phi) is 7.65. The summed E-state index contributed by atoms with van der Waals surface area (Å²) in [7, 11) is 0. The normalized spacial score (nSPS) is 10.3. The quantitative estimate of drug-likeness (QED) is 0.525. The third kappa shape index (κ3) is 6.37. The zero-order chi connectivity index (χ0) is 16.5. The van der Waals surface area contributed by atoms with E-state index in [0.29, 0.717) is 15.9 Å². The maximum Gasteiger partial charge on any atom is 0.170 e. The lowest BCUT2D eigenvalue weighted by Crippen LogP contribution is -2.29. The maximum atomic E-state index is 13.4. The van der Waals surface area contributed by atoms with Crippen LogP contribution >= 0.6 is 35.6 Å². The van der Waals surface area contributed by atoms with Gasteiger partial charge in [0.2, 0.25) is 0 Å². The third-order valence-electron chi connectivity index (χ3n) is 3.09. The number of benzene rings is 2. The Morgan fingerprint density at radius 1 is 1.13 bits per heavy atom. The smallest absolute Gasteiger partial charge is 0.170 e. The van der Waals surface area contributed by atoms with Gasteiger partial charge in [0.1, 0.15) is 5.82 Å².